The number of amides is 1. The Kier molecular flexibility index (Phi) is 8.71. The van der Waals surface area contributed by atoms with Gasteiger partial charge in [0.25, 0.3) is 5.91 Å². The number of ether oxygens (including phenoxy) is 3. The Labute approximate surface area is 175 Å². The normalized spacial score (nSPS) is 10.3. The van der Waals surface area contributed by atoms with Gasteiger partial charge in [-0.25, -0.2) is 0 Å². The van der Waals surface area contributed by atoms with Crippen molar-refractivity contribution < 1.29 is 19.0 Å². The highest BCUT2D eigenvalue weighted by molar-refractivity contribution is 7.80. The zero-order chi connectivity index (χ0) is 21.1. The van der Waals surface area contributed by atoms with E-state index in [-0.39, 0.29) is 12.5 Å². The molecular formula is C20H24N4O4S. The van der Waals surface area contributed by atoms with Crippen LogP contribution in [0, 0.1) is 0 Å². The molecular weight excluding hydrogens is 392 g/mol. The quantitative estimate of drug-likeness (QED) is 0.329. The van der Waals surface area contributed by atoms with Crippen LogP contribution in [0.25, 0.3) is 0 Å². The number of hydrogen-bond donors (Lipinski definition) is 3. The third-order valence-corrected chi connectivity index (χ3v) is 3.85. The molecule has 2 rings (SSSR count). The van der Waals surface area contributed by atoms with E-state index >= 15 is 0 Å². The van der Waals surface area contributed by atoms with Gasteiger partial charge in [0.15, 0.2) is 23.2 Å². The number of nitrogens with zero attached hydrogens (tertiary/aromatic N) is 1. The average molecular weight is 417 g/mol. The molecule has 1 amide bonds. The zero-order valence-electron chi connectivity index (χ0n) is 16.5. The molecule has 0 aliphatic carbocycles. The van der Waals surface area contributed by atoms with Crippen LogP contribution in [-0.2, 0) is 4.79 Å². The van der Waals surface area contributed by atoms with E-state index in [9.17, 15) is 4.79 Å². The molecule has 3 N–H and O–H groups in total. The molecule has 0 fully saturated rings. The number of para-hydroxylation sites is 2. The fourth-order valence-electron chi connectivity index (χ4n) is 2.34. The molecule has 0 spiro atoms. The van der Waals surface area contributed by atoms with Gasteiger partial charge in [-0.2, -0.15) is 5.10 Å². The summed E-state index contributed by atoms with van der Waals surface area (Å²) in [5.74, 6) is 1.44. The van der Waals surface area contributed by atoms with Crippen LogP contribution in [0.5, 0.6) is 17.2 Å². The highest BCUT2D eigenvalue weighted by Gasteiger charge is 2.08. The number of methoxy groups -OCH3 is 2. The van der Waals surface area contributed by atoms with E-state index in [0.717, 1.165) is 11.3 Å². The molecule has 0 heterocycles. The van der Waals surface area contributed by atoms with Crippen LogP contribution in [0.2, 0.25) is 0 Å². The van der Waals surface area contributed by atoms with E-state index in [1.807, 2.05) is 31.2 Å². The number of likely N-dealkylation sites (N-methyl/N-ethyl adjacent to an activating group) is 1. The van der Waals surface area contributed by atoms with Crippen molar-refractivity contribution in [1.82, 2.24) is 10.7 Å². The molecule has 0 bridgehead atoms. The van der Waals surface area contributed by atoms with E-state index in [4.69, 9.17) is 26.4 Å². The molecule has 2 aromatic carbocycles. The maximum atomic E-state index is 11.5. The molecule has 0 aromatic heterocycles. The number of anilines is 1. The summed E-state index contributed by atoms with van der Waals surface area (Å²) in [4.78, 5) is 11.5. The van der Waals surface area contributed by atoms with Crippen LogP contribution in [0.3, 0.4) is 0 Å². The largest absolute Gasteiger partial charge is 0.495 e. The van der Waals surface area contributed by atoms with Gasteiger partial charge < -0.3 is 24.8 Å². The van der Waals surface area contributed by atoms with E-state index in [2.05, 4.69) is 21.2 Å². The summed E-state index contributed by atoms with van der Waals surface area (Å²) in [5, 5.41) is 10.1. The number of benzene rings is 2. The minimum absolute atomic E-state index is 0.0813. The van der Waals surface area contributed by atoms with Gasteiger partial charge >= 0.3 is 0 Å². The first-order chi connectivity index (χ1) is 14.1. The van der Waals surface area contributed by atoms with E-state index in [0.29, 0.717) is 28.9 Å². The van der Waals surface area contributed by atoms with Crippen molar-refractivity contribution in [2.75, 3.05) is 32.7 Å². The fraction of sp³-hybridized carbons (Fsp3) is 0.250. The van der Waals surface area contributed by atoms with E-state index in [1.54, 1.807) is 31.5 Å². The lowest BCUT2D eigenvalue weighted by molar-refractivity contribution is -0.123. The predicted octanol–water partition coefficient (Wildman–Crippen LogP) is 2.54. The van der Waals surface area contributed by atoms with Gasteiger partial charge in [0.1, 0.15) is 5.75 Å². The van der Waals surface area contributed by atoms with Gasteiger partial charge in [-0.05, 0) is 55.0 Å². The Hall–Kier alpha value is -3.33. The smallest absolute Gasteiger partial charge is 0.257 e. The van der Waals surface area contributed by atoms with Gasteiger partial charge in [-0.3, -0.25) is 10.2 Å². The number of carbonyl (C=O) groups is 1. The molecule has 2 aromatic rings. The molecule has 8 nitrogen and oxygen atoms in total. The number of nitrogens with one attached hydrogen (secondary N) is 3. The van der Waals surface area contributed by atoms with Crippen LogP contribution < -0.4 is 30.3 Å². The van der Waals surface area contributed by atoms with Crippen molar-refractivity contribution in [2.45, 2.75) is 6.92 Å². The molecule has 29 heavy (non-hydrogen) atoms. The lowest BCUT2D eigenvalue weighted by Crippen LogP contribution is -2.28. The molecule has 0 radical (unpaired) electrons. The monoisotopic (exact) mass is 416 g/mol. The molecule has 0 unspecified atom stereocenters. The summed E-state index contributed by atoms with van der Waals surface area (Å²) >= 11 is 5.23. The molecule has 0 saturated heterocycles. The highest BCUT2D eigenvalue weighted by Crippen LogP contribution is 2.27. The second kappa shape index (κ2) is 11.5. The average Bonchev–Trinajstić information content (AvgIpc) is 2.73. The zero-order valence-corrected chi connectivity index (χ0v) is 17.3. The summed E-state index contributed by atoms with van der Waals surface area (Å²) in [7, 11) is 3.12. The second-order valence-corrected chi connectivity index (χ2v) is 6.09. The predicted molar refractivity (Wildman–Crippen MR) is 117 cm³/mol. The number of hydrogen-bond acceptors (Lipinski definition) is 6. The number of thiocarbonyl (C=S) groups is 1. The molecule has 154 valence electrons. The van der Waals surface area contributed by atoms with Crippen molar-refractivity contribution in [1.29, 1.82) is 0 Å². The SMILES string of the molecule is CCNC(=O)COc1ccc(/C=N\NC(=S)Nc2ccccc2OC)cc1OC. The minimum atomic E-state index is -0.194. The lowest BCUT2D eigenvalue weighted by Gasteiger charge is -2.11. The molecule has 9 heteroatoms. The summed E-state index contributed by atoms with van der Waals surface area (Å²) < 4.78 is 16.1. The Bertz CT molecular complexity index is 873. The van der Waals surface area contributed by atoms with Crippen LogP contribution in [0.1, 0.15) is 12.5 Å². The Morgan fingerprint density at radius 2 is 1.86 bits per heavy atom. The number of hydrazone groups is 1. The third kappa shape index (κ3) is 6.96. The summed E-state index contributed by atoms with van der Waals surface area (Å²) in [6.45, 7) is 2.32. The van der Waals surface area contributed by atoms with Crippen LogP contribution >= 0.6 is 12.2 Å². The lowest BCUT2D eigenvalue weighted by atomic mass is 10.2. The van der Waals surface area contributed by atoms with E-state index < -0.39 is 0 Å². The standard InChI is InChI=1S/C20H24N4O4S/c1-4-21-19(25)13-28-17-10-9-14(11-18(17)27-3)12-22-24-20(29)23-15-7-5-6-8-16(15)26-2/h5-12H,4,13H2,1-3H3,(H,21,25)(H2,23,24,29)/b22-12-. The van der Waals surface area contributed by atoms with Gasteiger partial charge in [0.05, 0.1) is 26.1 Å². The van der Waals surface area contributed by atoms with Crippen molar-refractivity contribution in [3.63, 3.8) is 0 Å². The fourth-order valence-corrected chi connectivity index (χ4v) is 2.50. The summed E-state index contributed by atoms with van der Waals surface area (Å²) in [6.07, 6.45) is 1.59. The topological polar surface area (TPSA) is 93.2 Å². The van der Waals surface area contributed by atoms with Crippen molar-refractivity contribution in [3.8, 4) is 17.2 Å². The maximum absolute atomic E-state index is 11.5. The first-order valence-corrected chi connectivity index (χ1v) is 9.28. The molecule has 0 atom stereocenters. The van der Waals surface area contributed by atoms with E-state index in [1.165, 1.54) is 7.11 Å². The Morgan fingerprint density at radius 1 is 1.10 bits per heavy atom. The summed E-state index contributed by atoms with van der Waals surface area (Å²) in [5.41, 5.74) is 4.24. The van der Waals surface area contributed by atoms with Crippen LogP contribution in [0.15, 0.2) is 47.6 Å². The van der Waals surface area contributed by atoms with Crippen LogP contribution in [0.4, 0.5) is 5.69 Å². The minimum Gasteiger partial charge on any atom is -0.495 e. The molecule has 0 aliphatic rings. The van der Waals surface area contributed by atoms with Gasteiger partial charge in [-0.15, -0.1) is 0 Å². The Balaban J connectivity index is 1.94. The van der Waals surface area contributed by atoms with Gasteiger partial charge in [0.2, 0.25) is 0 Å². The summed E-state index contributed by atoms with van der Waals surface area (Å²) in [6, 6.07) is 12.7. The van der Waals surface area contributed by atoms with Crippen LogP contribution in [-0.4, -0.2) is 44.6 Å². The van der Waals surface area contributed by atoms with Gasteiger partial charge in [0, 0.05) is 6.54 Å². The molecule has 0 saturated carbocycles. The first-order valence-electron chi connectivity index (χ1n) is 8.88. The van der Waals surface area contributed by atoms with Gasteiger partial charge in [-0.1, -0.05) is 12.1 Å². The van der Waals surface area contributed by atoms with Crippen molar-refractivity contribution in [2.24, 2.45) is 5.10 Å². The second-order valence-electron chi connectivity index (χ2n) is 5.68. The third-order valence-electron chi connectivity index (χ3n) is 3.66. The maximum Gasteiger partial charge on any atom is 0.257 e. The molecule has 0 aliphatic heterocycles. The Morgan fingerprint density at radius 3 is 2.59 bits per heavy atom. The first kappa shape index (κ1) is 22.0. The van der Waals surface area contributed by atoms with Crippen molar-refractivity contribution in [3.05, 3.63) is 48.0 Å². The number of rotatable bonds is 9. The number of carbonyl (C=O) groups excluding carboxylic acids is 1. The highest BCUT2D eigenvalue weighted by atomic mass is 32.1. The van der Waals surface area contributed by atoms with Crippen molar-refractivity contribution >= 4 is 35.1 Å².